The molecule has 0 aromatic carbocycles. The Kier molecular flexibility index (Phi) is 6.25. The van der Waals surface area contributed by atoms with Gasteiger partial charge in [0.15, 0.2) is 0 Å². The zero-order valence-corrected chi connectivity index (χ0v) is 10.6. The molecule has 1 rings (SSSR count). The number of nitrogens with one attached hydrogen (secondary N) is 1. The molecule has 1 amide bonds. The van der Waals surface area contributed by atoms with Crippen molar-refractivity contribution in [3.05, 3.63) is 30.1 Å². The van der Waals surface area contributed by atoms with Crippen molar-refractivity contribution in [1.82, 2.24) is 15.2 Å². The Morgan fingerprint density at radius 2 is 2.18 bits per heavy atom. The van der Waals surface area contributed by atoms with Crippen molar-refractivity contribution in [3.63, 3.8) is 0 Å². The van der Waals surface area contributed by atoms with Gasteiger partial charge in [-0.25, -0.2) is 0 Å². The van der Waals surface area contributed by atoms with Crippen molar-refractivity contribution in [3.8, 4) is 0 Å². The molecule has 0 unspecified atom stereocenters. The van der Waals surface area contributed by atoms with Crippen LogP contribution in [0.3, 0.4) is 0 Å². The number of carbonyl (C=O) groups is 1. The molecule has 1 aromatic heterocycles. The van der Waals surface area contributed by atoms with E-state index in [1.165, 1.54) is 0 Å². The predicted octanol–water partition coefficient (Wildman–Crippen LogP) is 1.08. The quantitative estimate of drug-likeness (QED) is 0.719. The minimum absolute atomic E-state index is 0.0496. The number of rotatable bonds is 7. The third-order valence-corrected chi connectivity index (χ3v) is 2.42. The molecule has 17 heavy (non-hydrogen) atoms. The van der Waals surface area contributed by atoms with Gasteiger partial charge in [0, 0.05) is 18.4 Å². The molecule has 0 spiro atoms. The fraction of sp³-hybridized carbons (Fsp3) is 0.538. The number of pyridine rings is 1. The predicted molar refractivity (Wildman–Crippen MR) is 68.7 cm³/mol. The Morgan fingerprint density at radius 1 is 1.35 bits per heavy atom. The molecule has 0 aliphatic carbocycles. The van der Waals surface area contributed by atoms with Gasteiger partial charge in [0.05, 0.1) is 6.42 Å². The van der Waals surface area contributed by atoms with Crippen LogP contribution in [-0.4, -0.2) is 43.0 Å². The van der Waals surface area contributed by atoms with Crippen LogP contribution in [0.1, 0.15) is 18.5 Å². The van der Waals surface area contributed by atoms with Gasteiger partial charge in [0.25, 0.3) is 0 Å². The number of hydrogen-bond acceptors (Lipinski definition) is 3. The van der Waals surface area contributed by atoms with Gasteiger partial charge in [-0.1, -0.05) is 6.07 Å². The third-order valence-electron chi connectivity index (χ3n) is 2.42. The number of unbranched alkanes of at least 4 members (excludes halogenated alkanes) is 1. The minimum atomic E-state index is 0.0496. The Bertz CT molecular complexity index is 325. The van der Waals surface area contributed by atoms with Crippen molar-refractivity contribution in [1.29, 1.82) is 0 Å². The van der Waals surface area contributed by atoms with Gasteiger partial charge in [0.2, 0.25) is 5.91 Å². The highest BCUT2D eigenvalue weighted by molar-refractivity contribution is 5.77. The maximum absolute atomic E-state index is 11.5. The number of nitrogens with zero attached hydrogens (tertiary/aromatic N) is 2. The molecule has 1 N–H and O–H groups in total. The molecule has 1 aromatic rings. The van der Waals surface area contributed by atoms with E-state index in [9.17, 15) is 4.79 Å². The second kappa shape index (κ2) is 7.79. The maximum Gasteiger partial charge on any atom is 0.226 e. The van der Waals surface area contributed by atoms with E-state index < -0.39 is 0 Å². The van der Waals surface area contributed by atoms with E-state index in [-0.39, 0.29) is 5.91 Å². The fourth-order valence-electron chi connectivity index (χ4n) is 1.51. The smallest absolute Gasteiger partial charge is 0.226 e. The lowest BCUT2D eigenvalue weighted by atomic mass is 10.2. The van der Waals surface area contributed by atoms with Crippen LogP contribution in [0.2, 0.25) is 0 Å². The van der Waals surface area contributed by atoms with Crippen LogP contribution < -0.4 is 5.32 Å². The van der Waals surface area contributed by atoms with Gasteiger partial charge in [-0.2, -0.15) is 0 Å². The number of carbonyl (C=O) groups excluding carboxylic acids is 1. The van der Waals surface area contributed by atoms with Crippen molar-refractivity contribution < 1.29 is 4.79 Å². The van der Waals surface area contributed by atoms with Gasteiger partial charge in [-0.05, 0) is 45.6 Å². The lowest BCUT2D eigenvalue weighted by Crippen LogP contribution is -2.27. The number of aromatic nitrogens is 1. The molecule has 0 atom stereocenters. The lowest BCUT2D eigenvalue weighted by molar-refractivity contribution is -0.120. The average Bonchev–Trinajstić information content (AvgIpc) is 2.29. The molecular weight excluding hydrogens is 214 g/mol. The number of amides is 1. The van der Waals surface area contributed by atoms with Crippen LogP contribution in [0.5, 0.6) is 0 Å². The zero-order valence-electron chi connectivity index (χ0n) is 10.6. The Balaban J connectivity index is 2.10. The summed E-state index contributed by atoms with van der Waals surface area (Å²) in [6, 6.07) is 5.61. The summed E-state index contributed by atoms with van der Waals surface area (Å²) in [7, 11) is 4.11. The Morgan fingerprint density at radius 3 is 2.82 bits per heavy atom. The molecule has 0 aliphatic rings. The molecule has 0 saturated heterocycles. The van der Waals surface area contributed by atoms with Crippen molar-refractivity contribution in [2.24, 2.45) is 0 Å². The number of hydrogen-bond donors (Lipinski definition) is 1. The molecule has 0 bridgehead atoms. The largest absolute Gasteiger partial charge is 0.356 e. The highest BCUT2D eigenvalue weighted by Crippen LogP contribution is 1.95. The van der Waals surface area contributed by atoms with Crippen LogP contribution >= 0.6 is 0 Å². The molecule has 1 heterocycles. The summed E-state index contributed by atoms with van der Waals surface area (Å²) < 4.78 is 0. The summed E-state index contributed by atoms with van der Waals surface area (Å²) in [6.07, 6.45) is 4.21. The first-order chi connectivity index (χ1) is 8.18. The third kappa shape index (κ3) is 6.68. The van der Waals surface area contributed by atoms with Gasteiger partial charge >= 0.3 is 0 Å². The van der Waals surface area contributed by atoms with E-state index in [2.05, 4.69) is 29.3 Å². The molecule has 4 nitrogen and oxygen atoms in total. The van der Waals surface area contributed by atoms with Crippen LogP contribution in [0.25, 0.3) is 0 Å². The second-order valence-corrected chi connectivity index (χ2v) is 4.36. The Hall–Kier alpha value is -1.42. The summed E-state index contributed by atoms with van der Waals surface area (Å²) in [5.41, 5.74) is 0.818. The van der Waals surface area contributed by atoms with Gasteiger partial charge in [-0.3, -0.25) is 9.78 Å². The van der Waals surface area contributed by atoms with E-state index in [0.29, 0.717) is 6.42 Å². The van der Waals surface area contributed by atoms with Crippen molar-refractivity contribution >= 4 is 5.91 Å². The van der Waals surface area contributed by atoms with Crippen LogP contribution in [0, 0.1) is 0 Å². The second-order valence-electron chi connectivity index (χ2n) is 4.36. The standard InChI is InChI=1S/C13H21N3O/c1-16(2)10-6-5-9-15-13(17)11-12-7-3-4-8-14-12/h3-4,7-8H,5-6,9-11H2,1-2H3,(H,15,17). The topological polar surface area (TPSA) is 45.2 Å². The summed E-state index contributed by atoms with van der Waals surface area (Å²) in [5.74, 6) is 0.0496. The summed E-state index contributed by atoms with van der Waals surface area (Å²) in [4.78, 5) is 17.8. The zero-order chi connectivity index (χ0) is 12.5. The van der Waals surface area contributed by atoms with E-state index >= 15 is 0 Å². The summed E-state index contributed by atoms with van der Waals surface area (Å²) in [6.45, 7) is 1.82. The first-order valence-electron chi connectivity index (χ1n) is 6.00. The SMILES string of the molecule is CN(C)CCCCNC(=O)Cc1ccccn1. The molecule has 0 aliphatic heterocycles. The highest BCUT2D eigenvalue weighted by atomic mass is 16.1. The van der Waals surface area contributed by atoms with E-state index in [1.807, 2.05) is 18.2 Å². The van der Waals surface area contributed by atoms with Gasteiger partial charge in [0.1, 0.15) is 0 Å². The maximum atomic E-state index is 11.5. The van der Waals surface area contributed by atoms with E-state index in [0.717, 1.165) is 31.6 Å². The molecule has 0 radical (unpaired) electrons. The van der Waals surface area contributed by atoms with Crippen LogP contribution in [-0.2, 0) is 11.2 Å². The van der Waals surface area contributed by atoms with Gasteiger partial charge in [-0.15, -0.1) is 0 Å². The van der Waals surface area contributed by atoms with E-state index in [1.54, 1.807) is 6.20 Å². The van der Waals surface area contributed by atoms with Crippen molar-refractivity contribution in [2.75, 3.05) is 27.2 Å². The van der Waals surface area contributed by atoms with Crippen molar-refractivity contribution in [2.45, 2.75) is 19.3 Å². The highest BCUT2D eigenvalue weighted by Gasteiger charge is 2.02. The average molecular weight is 235 g/mol. The fourth-order valence-corrected chi connectivity index (χ4v) is 1.51. The first-order valence-corrected chi connectivity index (χ1v) is 6.00. The molecule has 94 valence electrons. The van der Waals surface area contributed by atoms with Crippen LogP contribution in [0.15, 0.2) is 24.4 Å². The van der Waals surface area contributed by atoms with E-state index in [4.69, 9.17) is 0 Å². The molecule has 0 saturated carbocycles. The van der Waals surface area contributed by atoms with Gasteiger partial charge < -0.3 is 10.2 Å². The summed E-state index contributed by atoms with van der Waals surface area (Å²) in [5, 5.41) is 2.91. The molecular formula is C13H21N3O. The monoisotopic (exact) mass is 235 g/mol. The Labute approximate surface area is 103 Å². The normalized spacial score (nSPS) is 10.5. The molecule has 0 fully saturated rings. The minimum Gasteiger partial charge on any atom is -0.356 e. The first kappa shape index (κ1) is 13.6. The van der Waals surface area contributed by atoms with Crippen LogP contribution in [0.4, 0.5) is 0 Å². The molecule has 4 heteroatoms. The lowest BCUT2D eigenvalue weighted by Gasteiger charge is -2.09. The summed E-state index contributed by atoms with van der Waals surface area (Å²) >= 11 is 0.